The predicted molar refractivity (Wildman–Crippen MR) is 78.6 cm³/mol. The lowest BCUT2D eigenvalue weighted by molar-refractivity contribution is 0.0472. The van der Waals surface area contributed by atoms with E-state index in [-0.39, 0.29) is 0 Å². The van der Waals surface area contributed by atoms with Crippen molar-refractivity contribution in [2.24, 2.45) is 0 Å². The van der Waals surface area contributed by atoms with Crippen molar-refractivity contribution in [1.29, 1.82) is 0 Å². The van der Waals surface area contributed by atoms with Crippen molar-refractivity contribution in [2.75, 3.05) is 0 Å². The molecule has 0 fully saturated rings. The molecule has 0 amide bonds. The lowest BCUT2D eigenvalue weighted by Crippen LogP contribution is -2.37. The van der Waals surface area contributed by atoms with Crippen LogP contribution in [0.4, 0.5) is 0 Å². The maximum atomic E-state index is 5.81. The van der Waals surface area contributed by atoms with Gasteiger partial charge in [-0.2, -0.15) is 0 Å². The third-order valence-corrected chi connectivity index (χ3v) is 5.12. The highest BCUT2D eigenvalue weighted by molar-refractivity contribution is 6.88. The average Bonchev–Trinajstić information content (AvgIpc) is 2.26. The molecule has 0 aliphatic heterocycles. The highest BCUT2D eigenvalue weighted by atomic mass is 28.3. The van der Waals surface area contributed by atoms with E-state index in [1.165, 1.54) is 17.2 Å². The molecule has 17 heavy (non-hydrogen) atoms. The second-order valence-corrected chi connectivity index (χ2v) is 10.9. The van der Waals surface area contributed by atoms with Crippen LogP contribution in [0.15, 0.2) is 24.3 Å². The van der Waals surface area contributed by atoms with Gasteiger partial charge in [0, 0.05) is 0 Å². The summed E-state index contributed by atoms with van der Waals surface area (Å²) in [4.78, 5) is 0. The highest BCUT2D eigenvalue weighted by Crippen LogP contribution is 2.08. The predicted octanol–water partition coefficient (Wildman–Crippen LogP) is 3.94. The van der Waals surface area contributed by atoms with E-state index in [4.69, 9.17) is 4.74 Å². The summed E-state index contributed by atoms with van der Waals surface area (Å²) in [6, 6.07) is 8.98. The zero-order valence-corrected chi connectivity index (χ0v) is 12.9. The first kappa shape index (κ1) is 14.5. The van der Waals surface area contributed by atoms with Crippen LogP contribution < -0.4 is 5.19 Å². The standard InChI is InChI=1S/C15H26OSi/c1-6-7-13(2)16-12-14-8-10-15(11-9-14)17(3,4)5/h8-11,13H,6-7,12H2,1-5H3. The minimum absolute atomic E-state index is 0.372. The van der Waals surface area contributed by atoms with E-state index in [2.05, 4.69) is 57.8 Å². The molecule has 1 rings (SSSR count). The van der Waals surface area contributed by atoms with Crippen molar-refractivity contribution < 1.29 is 4.74 Å². The summed E-state index contributed by atoms with van der Waals surface area (Å²) < 4.78 is 5.81. The van der Waals surface area contributed by atoms with Gasteiger partial charge >= 0.3 is 0 Å². The van der Waals surface area contributed by atoms with Gasteiger partial charge in [0.05, 0.1) is 20.8 Å². The van der Waals surface area contributed by atoms with Crippen LogP contribution in [0.5, 0.6) is 0 Å². The second-order valence-electron chi connectivity index (χ2n) is 5.86. The van der Waals surface area contributed by atoms with Gasteiger partial charge in [0.2, 0.25) is 0 Å². The topological polar surface area (TPSA) is 9.23 Å². The van der Waals surface area contributed by atoms with Gasteiger partial charge in [-0.1, -0.05) is 62.4 Å². The van der Waals surface area contributed by atoms with Crippen LogP contribution in [0.3, 0.4) is 0 Å². The first-order valence-electron chi connectivity index (χ1n) is 6.64. The van der Waals surface area contributed by atoms with Crippen LogP contribution in [-0.2, 0) is 11.3 Å². The fraction of sp³-hybridized carbons (Fsp3) is 0.600. The van der Waals surface area contributed by atoms with Gasteiger partial charge in [-0.25, -0.2) is 0 Å². The number of hydrogen-bond acceptors (Lipinski definition) is 1. The molecule has 0 heterocycles. The zero-order valence-electron chi connectivity index (χ0n) is 11.9. The number of benzene rings is 1. The maximum absolute atomic E-state index is 5.81. The van der Waals surface area contributed by atoms with Gasteiger partial charge in [0.15, 0.2) is 0 Å². The van der Waals surface area contributed by atoms with Crippen molar-refractivity contribution >= 4 is 13.3 Å². The van der Waals surface area contributed by atoms with E-state index < -0.39 is 8.07 Å². The summed E-state index contributed by atoms with van der Waals surface area (Å²) in [7, 11) is -1.15. The van der Waals surface area contributed by atoms with E-state index in [9.17, 15) is 0 Å². The Balaban J connectivity index is 2.51. The van der Waals surface area contributed by atoms with E-state index in [1.807, 2.05) is 0 Å². The Kier molecular flexibility index (Phi) is 5.41. The molecule has 0 aliphatic carbocycles. The van der Waals surface area contributed by atoms with Gasteiger partial charge < -0.3 is 4.74 Å². The molecule has 0 N–H and O–H groups in total. The average molecular weight is 250 g/mol. The van der Waals surface area contributed by atoms with Crippen LogP contribution in [-0.4, -0.2) is 14.2 Å². The monoisotopic (exact) mass is 250 g/mol. The molecule has 0 aliphatic rings. The largest absolute Gasteiger partial charge is 0.374 e. The Morgan fingerprint density at radius 2 is 1.71 bits per heavy atom. The molecule has 96 valence electrons. The smallest absolute Gasteiger partial charge is 0.0775 e. The molecule has 0 saturated carbocycles. The summed E-state index contributed by atoms with van der Waals surface area (Å²) in [5.41, 5.74) is 1.29. The summed E-state index contributed by atoms with van der Waals surface area (Å²) in [5, 5.41) is 1.52. The van der Waals surface area contributed by atoms with E-state index in [0.717, 1.165) is 13.0 Å². The van der Waals surface area contributed by atoms with Crippen LogP contribution in [0.1, 0.15) is 32.3 Å². The van der Waals surface area contributed by atoms with Gasteiger partial charge in [-0.05, 0) is 18.9 Å². The molecule has 1 atom stereocenters. The van der Waals surface area contributed by atoms with Crippen LogP contribution in [0.2, 0.25) is 19.6 Å². The number of ether oxygens (including phenoxy) is 1. The SMILES string of the molecule is CCCC(C)OCc1ccc([Si](C)(C)C)cc1. The minimum Gasteiger partial charge on any atom is -0.374 e. The molecule has 1 nitrogen and oxygen atoms in total. The Bertz CT molecular complexity index is 324. The Morgan fingerprint density at radius 1 is 1.12 bits per heavy atom. The van der Waals surface area contributed by atoms with Crippen molar-refractivity contribution in [3.63, 3.8) is 0 Å². The molecule has 0 bridgehead atoms. The van der Waals surface area contributed by atoms with Crippen LogP contribution in [0.25, 0.3) is 0 Å². The second kappa shape index (κ2) is 6.36. The lowest BCUT2D eigenvalue weighted by Gasteiger charge is -2.17. The van der Waals surface area contributed by atoms with Crippen molar-refractivity contribution in [2.45, 2.75) is 59.0 Å². The highest BCUT2D eigenvalue weighted by Gasteiger charge is 2.15. The summed E-state index contributed by atoms with van der Waals surface area (Å²) in [6.45, 7) is 12.2. The molecule has 1 aromatic carbocycles. The first-order chi connectivity index (χ1) is 7.93. The van der Waals surface area contributed by atoms with Crippen LogP contribution >= 0.6 is 0 Å². The normalized spacial score (nSPS) is 13.7. The molecule has 0 saturated heterocycles. The van der Waals surface area contributed by atoms with E-state index in [1.54, 1.807) is 0 Å². The van der Waals surface area contributed by atoms with E-state index >= 15 is 0 Å². The lowest BCUT2D eigenvalue weighted by atomic mass is 10.2. The molecule has 1 aromatic rings. The summed E-state index contributed by atoms with van der Waals surface area (Å²) in [5.74, 6) is 0. The Hall–Kier alpha value is -0.603. The van der Waals surface area contributed by atoms with Crippen LogP contribution in [0, 0.1) is 0 Å². The zero-order chi connectivity index (χ0) is 12.9. The molecular formula is C15H26OSi. The molecule has 0 radical (unpaired) electrons. The van der Waals surface area contributed by atoms with Crippen molar-refractivity contribution in [3.8, 4) is 0 Å². The quantitative estimate of drug-likeness (QED) is 0.695. The van der Waals surface area contributed by atoms with Gasteiger partial charge in [-0.15, -0.1) is 0 Å². The molecule has 1 unspecified atom stereocenters. The third kappa shape index (κ3) is 5.05. The van der Waals surface area contributed by atoms with Gasteiger partial charge in [-0.3, -0.25) is 0 Å². The first-order valence-corrected chi connectivity index (χ1v) is 10.1. The fourth-order valence-electron chi connectivity index (χ4n) is 1.83. The number of hydrogen-bond donors (Lipinski definition) is 0. The Morgan fingerprint density at radius 3 is 2.18 bits per heavy atom. The molecule has 0 aromatic heterocycles. The summed E-state index contributed by atoms with van der Waals surface area (Å²) >= 11 is 0. The van der Waals surface area contributed by atoms with Crippen molar-refractivity contribution in [3.05, 3.63) is 29.8 Å². The Labute approximate surface area is 107 Å². The third-order valence-electron chi connectivity index (χ3n) is 3.05. The molecule has 0 spiro atoms. The maximum Gasteiger partial charge on any atom is 0.0775 e. The summed E-state index contributed by atoms with van der Waals surface area (Å²) in [6.07, 6.45) is 2.71. The minimum atomic E-state index is -1.15. The van der Waals surface area contributed by atoms with Crippen molar-refractivity contribution in [1.82, 2.24) is 0 Å². The van der Waals surface area contributed by atoms with Gasteiger partial charge in [0.25, 0.3) is 0 Å². The molecular weight excluding hydrogens is 224 g/mol. The van der Waals surface area contributed by atoms with E-state index in [0.29, 0.717) is 6.10 Å². The number of rotatable bonds is 6. The fourth-order valence-corrected chi connectivity index (χ4v) is 3.00. The molecule has 2 heteroatoms. The van der Waals surface area contributed by atoms with Gasteiger partial charge in [0.1, 0.15) is 0 Å².